The lowest BCUT2D eigenvalue weighted by molar-refractivity contribution is -0.143. The molecule has 0 saturated carbocycles. The summed E-state index contributed by atoms with van der Waals surface area (Å²) < 4.78 is 10.9. The van der Waals surface area contributed by atoms with Crippen molar-refractivity contribution >= 4 is 35.2 Å². The molecule has 28 heavy (non-hydrogen) atoms. The number of benzene rings is 1. The Bertz CT molecular complexity index is 754. The van der Waals surface area contributed by atoms with Crippen molar-refractivity contribution in [3.8, 4) is 5.75 Å². The number of hydrogen-bond donors (Lipinski definition) is 2. The Balaban J connectivity index is 2.54. The number of amides is 2. The fraction of sp³-hybridized carbons (Fsp3) is 0.500. The van der Waals surface area contributed by atoms with E-state index in [4.69, 9.17) is 32.7 Å². The first-order chi connectivity index (χ1) is 13.3. The summed E-state index contributed by atoms with van der Waals surface area (Å²) in [5.41, 5.74) is 1.50. The first-order valence-electron chi connectivity index (χ1n) is 9.41. The largest absolute Gasteiger partial charge is 0.491 e. The third kappa shape index (κ3) is 5.32. The summed E-state index contributed by atoms with van der Waals surface area (Å²) in [7, 11) is 0. The zero-order valence-corrected chi connectivity index (χ0v) is 18.0. The van der Waals surface area contributed by atoms with Gasteiger partial charge in [-0.25, -0.2) is 9.59 Å². The molecule has 1 aliphatic heterocycles. The Morgan fingerprint density at radius 3 is 2.39 bits per heavy atom. The average molecular weight is 429 g/mol. The van der Waals surface area contributed by atoms with E-state index in [-0.39, 0.29) is 6.10 Å². The molecule has 1 atom stereocenters. The van der Waals surface area contributed by atoms with E-state index in [9.17, 15) is 9.59 Å². The van der Waals surface area contributed by atoms with Crippen molar-refractivity contribution in [2.75, 3.05) is 6.61 Å². The van der Waals surface area contributed by atoms with Gasteiger partial charge in [0.25, 0.3) is 0 Å². The minimum Gasteiger partial charge on any atom is -0.491 e. The topological polar surface area (TPSA) is 76.7 Å². The number of rotatable bonds is 8. The maximum absolute atomic E-state index is 12.8. The van der Waals surface area contributed by atoms with Gasteiger partial charge >= 0.3 is 12.0 Å². The van der Waals surface area contributed by atoms with Gasteiger partial charge in [0.15, 0.2) is 5.75 Å². The van der Waals surface area contributed by atoms with E-state index >= 15 is 0 Å². The lowest BCUT2D eigenvalue weighted by atomic mass is 9.93. The third-order valence-corrected chi connectivity index (χ3v) is 4.70. The Hall–Kier alpha value is -1.92. The van der Waals surface area contributed by atoms with Gasteiger partial charge in [0.2, 0.25) is 0 Å². The molecule has 1 aromatic carbocycles. The van der Waals surface area contributed by atoms with E-state index in [1.54, 1.807) is 26.0 Å². The number of allylic oxidation sites excluding steroid dienone is 1. The van der Waals surface area contributed by atoms with E-state index in [0.717, 1.165) is 12.8 Å². The summed E-state index contributed by atoms with van der Waals surface area (Å²) in [4.78, 5) is 25.1. The van der Waals surface area contributed by atoms with Gasteiger partial charge in [-0.1, -0.05) is 36.5 Å². The highest BCUT2D eigenvalue weighted by Crippen LogP contribution is 2.39. The maximum atomic E-state index is 12.8. The van der Waals surface area contributed by atoms with Crippen LogP contribution in [0.1, 0.15) is 58.6 Å². The highest BCUT2D eigenvalue weighted by Gasteiger charge is 2.34. The lowest BCUT2D eigenvalue weighted by Gasteiger charge is -2.30. The molecule has 0 spiro atoms. The summed E-state index contributed by atoms with van der Waals surface area (Å²) in [5.74, 6) is -0.115. The van der Waals surface area contributed by atoms with Crippen molar-refractivity contribution in [3.05, 3.63) is 39.0 Å². The molecule has 0 radical (unpaired) electrons. The summed E-state index contributed by atoms with van der Waals surface area (Å²) in [6.45, 7) is 7.84. The van der Waals surface area contributed by atoms with Crippen LogP contribution in [0.15, 0.2) is 23.4 Å². The molecule has 1 heterocycles. The number of hydrogen-bond acceptors (Lipinski definition) is 4. The van der Waals surface area contributed by atoms with Crippen LogP contribution >= 0.6 is 23.2 Å². The van der Waals surface area contributed by atoms with E-state index in [1.807, 2.05) is 13.8 Å². The minimum atomic E-state index is -0.725. The maximum Gasteiger partial charge on any atom is 0.338 e. The number of nitrogens with one attached hydrogen (secondary N) is 2. The van der Waals surface area contributed by atoms with E-state index in [0.29, 0.717) is 45.7 Å². The highest BCUT2D eigenvalue weighted by molar-refractivity contribution is 6.37. The number of ether oxygens (including phenoxy) is 2. The Morgan fingerprint density at radius 2 is 1.86 bits per heavy atom. The van der Waals surface area contributed by atoms with Crippen molar-refractivity contribution in [3.63, 3.8) is 0 Å². The zero-order chi connectivity index (χ0) is 20.8. The normalized spacial score (nSPS) is 16.7. The standard InChI is InChI=1S/C20H26Cl2N2O4/c1-5-7-8-15-16(19(25)28-11(3)4)17(24-20(26)23-15)12-9-13(21)18(27-6-2)14(22)10-12/h9-11,17H,5-8H2,1-4H3,(H2,23,24,26). The molecule has 1 aliphatic rings. The fourth-order valence-electron chi connectivity index (χ4n) is 2.97. The Labute approximate surface area is 175 Å². The number of carbonyl (C=O) groups excluding carboxylic acids is 2. The Kier molecular flexibility index (Phi) is 8.01. The molecule has 0 saturated heterocycles. The van der Waals surface area contributed by atoms with Gasteiger partial charge in [0.05, 0.1) is 34.4 Å². The van der Waals surface area contributed by atoms with Crippen LogP contribution in [-0.2, 0) is 9.53 Å². The number of esters is 1. The highest BCUT2D eigenvalue weighted by atomic mass is 35.5. The molecule has 0 bridgehead atoms. The average Bonchev–Trinajstić information content (AvgIpc) is 2.61. The van der Waals surface area contributed by atoms with Crippen molar-refractivity contribution < 1.29 is 19.1 Å². The van der Waals surface area contributed by atoms with Crippen LogP contribution < -0.4 is 15.4 Å². The van der Waals surface area contributed by atoms with Crippen LogP contribution in [0.3, 0.4) is 0 Å². The number of halogens is 2. The van der Waals surface area contributed by atoms with Crippen molar-refractivity contribution in [2.24, 2.45) is 0 Å². The third-order valence-electron chi connectivity index (χ3n) is 4.14. The number of unbranched alkanes of at least 4 members (excludes halogenated alkanes) is 1. The zero-order valence-electron chi connectivity index (χ0n) is 16.5. The molecule has 2 amide bonds. The van der Waals surface area contributed by atoms with E-state index < -0.39 is 18.0 Å². The van der Waals surface area contributed by atoms with Crippen LogP contribution in [0, 0.1) is 0 Å². The van der Waals surface area contributed by atoms with Crippen LogP contribution in [-0.4, -0.2) is 24.7 Å². The predicted molar refractivity (Wildman–Crippen MR) is 110 cm³/mol. The first-order valence-corrected chi connectivity index (χ1v) is 10.2. The molecule has 0 aromatic heterocycles. The number of carbonyl (C=O) groups is 2. The smallest absolute Gasteiger partial charge is 0.338 e. The molecule has 2 rings (SSSR count). The molecule has 1 unspecified atom stereocenters. The molecule has 2 N–H and O–H groups in total. The van der Waals surface area contributed by atoms with Gasteiger partial charge < -0.3 is 20.1 Å². The molecule has 0 aliphatic carbocycles. The van der Waals surface area contributed by atoms with Gasteiger partial charge in [-0.2, -0.15) is 0 Å². The molecule has 154 valence electrons. The first kappa shape index (κ1) is 22.4. The quantitative estimate of drug-likeness (QED) is 0.561. The summed E-state index contributed by atoms with van der Waals surface area (Å²) in [6.07, 6.45) is 2.01. The van der Waals surface area contributed by atoms with Gasteiger partial charge in [-0.3, -0.25) is 0 Å². The van der Waals surface area contributed by atoms with Crippen molar-refractivity contribution in [1.82, 2.24) is 10.6 Å². The second-order valence-corrected chi connectivity index (χ2v) is 7.54. The summed E-state index contributed by atoms with van der Waals surface area (Å²) >= 11 is 12.7. The molecular weight excluding hydrogens is 403 g/mol. The van der Waals surface area contributed by atoms with Crippen LogP contribution in [0.25, 0.3) is 0 Å². The minimum absolute atomic E-state index is 0.293. The van der Waals surface area contributed by atoms with Gasteiger partial charge in [-0.15, -0.1) is 0 Å². The molecular formula is C20H26Cl2N2O4. The summed E-state index contributed by atoms with van der Waals surface area (Å²) in [6, 6.07) is 2.18. The second-order valence-electron chi connectivity index (χ2n) is 6.73. The molecule has 1 aromatic rings. The summed E-state index contributed by atoms with van der Waals surface area (Å²) in [5, 5.41) is 6.15. The molecule has 0 fully saturated rings. The van der Waals surface area contributed by atoms with Crippen molar-refractivity contribution in [2.45, 2.75) is 59.1 Å². The molecule has 8 heteroatoms. The van der Waals surface area contributed by atoms with Gasteiger partial charge in [0.1, 0.15) is 0 Å². The monoisotopic (exact) mass is 428 g/mol. The van der Waals surface area contributed by atoms with E-state index in [2.05, 4.69) is 10.6 Å². The fourth-order valence-corrected chi connectivity index (χ4v) is 3.58. The van der Waals surface area contributed by atoms with Crippen LogP contribution in [0.2, 0.25) is 10.0 Å². The van der Waals surface area contributed by atoms with Gasteiger partial charge in [0, 0.05) is 5.70 Å². The van der Waals surface area contributed by atoms with E-state index in [1.165, 1.54) is 0 Å². The van der Waals surface area contributed by atoms with Crippen LogP contribution in [0.5, 0.6) is 5.75 Å². The molecule has 6 nitrogen and oxygen atoms in total. The number of urea groups is 1. The second kappa shape index (κ2) is 10.0. The van der Waals surface area contributed by atoms with Gasteiger partial charge in [-0.05, 0) is 51.3 Å². The Morgan fingerprint density at radius 1 is 1.21 bits per heavy atom. The lowest BCUT2D eigenvalue weighted by Crippen LogP contribution is -2.46. The van der Waals surface area contributed by atoms with Crippen LogP contribution in [0.4, 0.5) is 4.79 Å². The predicted octanol–water partition coefficient (Wildman–Crippen LogP) is 5.14. The SMILES string of the molecule is CCCCC1=C(C(=O)OC(C)C)C(c2cc(Cl)c(OCC)c(Cl)c2)NC(=O)N1. The van der Waals surface area contributed by atoms with Crippen molar-refractivity contribution in [1.29, 1.82) is 0 Å².